The van der Waals surface area contributed by atoms with Gasteiger partial charge >= 0.3 is 6.36 Å². The number of allylic oxidation sites excluding steroid dienone is 1. The molecule has 2 aliphatic carbocycles. The van der Waals surface area contributed by atoms with Gasteiger partial charge in [0.2, 0.25) is 0 Å². The molecule has 0 amide bonds. The van der Waals surface area contributed by atoms with E-state index in [1.54, 1.807) is 0 Å². The first-order chi connectivity index (χ1) is 14.8. The minimum atomic E-state index is -4.88. The molecule has 0 saturated heterocycles. The molecule has 0 radical (unpaired) electrons. The predicted molar refractivity (Wildman–Crippen MR) is 117 cm³/mol. The fourth-order valence-corrected chi connectivity index (χ4v) is 5.43. The van der Waals surface area contributed by atoms with Crippen LogP contribution in [-0.4, -0.2) is 6.36 Å². The first kappa shape index (κ1) is 24.1. The van der Waals surface area contributed by atoms with Gasteiger partial charge in [-0.3, -0.25) is 0 Å². The first-order valence-electron chi connectivity index (χ1n) is 12.1. The van der Waals surface area contributed by atoms with Gasteiger partial charge in [0.1, 0.15) is 0 Å². The summed E-state index contributed by atoms with van der Waals surface area (Å²) in [6.07, 6.45) is 15.0. The van der Waals surface area contributed by atoms with Crippen molar-refractivity contribution in [3.8, 4) is 5.75 Å². The Hall–Kier alpha value is -1.52. The van der Waals surface area contributed by atoms with Crippen LogP contribution in [0.5, 0.6) is 5.75 Å². The quantitative estimate of drug-likeness (QED) is 0.367. The van der Waals surface area contributed by atoms with Gasteiger partial charge in [-0.2, -0.15) is 0 Å². The summed E-state index contributed by atoms with van der Waals surface area (Å²) < 4.78 is 54.3. The molecule has 0 heterocycles. The summed E-state index contributed by atoms with van der Waals surface area (Å²) in [5.41, 5.74) is 0.563. The summed E-state index contributed by atoms with van der Waals surface area (Å²) in [5, 5.41) is 0. The Morgan fingerprint density at radius 1 is 0.871 bits per heavy atom. The number of hydrogen-bond acceptors (Lipinski definition) is 1. The molecule has 1 aromatic rings. The van der Waals surface area contributed by atoms with Crippen molar-refractivity contribution in [3.63, 3.8) is 0 Å². The van der Waals surface area contributed by atoms with Gasteiger partial charge in [0.05, 0.1) is 0 Å². The number of hydrogen-bond donors (Lipinski definition) is 0. The Labute approximate surface area is 184 Å². The summed E-state index contributed by atoms with van der Waals surface area (Å²) >= 11 is 0. The minimum absolute atomic E-state index is 0.467. The SMILES string of the molecule is CCCC1CCC(CCC2CCC(/C=C/c3ccc(OC(F)(F)F)c(F)c3)CC2)CC1. The highest BCUT2D eigenvalue weighted by Gasteiger charge is 2.32. The van der Waals surface area contributed by atoms with Crippen LogP contribution in [0.2, 0.25) is 0 Å². The number of ether oxygens (including phenoxy) is 1. The zero-order valence-corrected chi connectivity index (χ0v) is 18.6. The monoisotopic (exact) mass is 440 g/mol. The van der Waals surface area contributed by atoms with Crippen LogP contribution in [0.3, 0.4) is 0 Å². The van der Waals surface area contributed by atoms with E-state index in [1.165, 1.54) is 70.3 Å². The van der Waals surface area contributed by atoms with Crippen LogP contribution in [-0.2, 0) is 0 Å². The lowest BCUT2D eigenvalue weighted by Gasteiger charge is -2.31. The molecule has 2 aliphatic rings. The summed E-state index contributed by atoms with van der Waals surface area (Å²) in [7, 11) is 0. The van der Waals surface area contributed by atoms with Crippen molar-refractivity contribution in [1.82, 2.24) is 0 Å². The Bertz CT molecular complexity index is 696. The molecule has 3 rings (SSSR count). The highest BCUT2D eigenvalue weighted by atomic mass is 19.4. The zero-order chi connectivity index (χ0) is 22.3. The van der Waals surface area contributed by atoms with E-state index in [-0.39, 0.29) is 0 Å². The van der Waals surface area contributed by atoms with E-state index in [0.717, 1.165) is 42.7 Å². The fraction of sp³-hybridized carbons (Fsp3) is 0.692. The molecule has 174 valence electrons. The lowest BCUT2D eigenvalue weighted by atomic mass is 9.75. The third-order valence-electron chi connectivity index (χ3n) is 7.28. The summed E-state index contributed by atoms with van der Waals surface area (Å²) in [6, 6.07) is 3.59. The molecular weight excluding hydrogens is 404 g/mol. The summed E-state index contributed by atoms with van der Waals surface area (Å²) in [6.45, 7) is 2.29. The number of halogens is 4. The van der Waals surface area contributed by atoms with Gasteiger partial charge < -0.3 is 4.74 Å². The van der Waals surface area contributed by atoms with Crippen molar-refractivity contribution >= 4 is 6.08 Å². The molecule has 0 aromatic heterocycles. The van der Waals surface area contributed by atoms with Crippen LogP contribution >= 0.6 is 0 Å². The second-order valence-corrected chi connectivity index (χ2v) is 9.63. The highest BCUT2D eigenvalue weighted by molar-refractivity contribution is 5.51. The van der Waals surface area contributed by atoms with Crippen molar-refractivity contribution in [2.45, 2.75) is 90.3 Å². The van der Waals surface area contributed by atoms with Gasteiger partial charge in [-0.25, -0.2) is 4.39 Å². The van der Waals surface area contributed by atoms with E-state index in [2.05, 4.69) is 17.7 Å². The van der Waals surface area contributed by atoms with Crippen molar-refractivity contribution in [2.24, 2.45) is 23.7 Å². The van der Waals surface area contributed by atoms with Crippen LogP contribution in [0.15, 0.2) is 24.3 Å². The Balaban J connectivity index is 1.37. The van der Waals surface area contributed by atoms with E-state index in [0.29, 0.717) is 11.5 Å². The van der Waals surface area contributed by atoms with Crippen molar-refractivity contribution < 1.29 is 22.3 Å². The standard InChI is InChI=1S/C26H36F4O/c1-2-3-19-4-6-20(7-5-19)8-9-21-10-12-22(13-11-21)14-15-23-16-17-25(24(27)18-23)31-26(28,29)30/h14-22H,2-13H2,1H3/b15-14+. The largest absolute Gasteiger partial charge is 0.573 e. The second-order valence-electron chi connectivity index (χ2n) is 9.63. The topological polar surface area (TPSA) is 9.23 Å². The van der Waals surface area contributed by atoms with Crippen LogP contribution in [0.25, 0.3) is 6.08 Å². The van der Waals surface area contributed by atoms with Gasteiger partial charge in [0.15, 0.2) is 11.6 Å². The summed E-state index contributed by atoms with van der Waals surface area (Å²) in [5.74, 6) is 1.43. The number of benzene rings is 1. The van der Waals surface area contributed by atoms with Crippen LogP contribution in [0, 0.1) is 29.5 Å². The Kier molecular flexibility index (Phi) is 8.85. The Morgan fingerprint density at radius 2 is 1.42 bits per heavy atom. The van der Waals surface area contributed by atoms with Crippen molar-refractivity contribution in [1.29, 1.82) is 0 Å². The highest BCUT2D eigenvalue weighted by Crippen LogP contribution is 2.38. The van der Waals surface area contributed by atoms with Gasteiger partial charge in [-0.1, -0.05) is 76.5 Å². The smallest absolute Gasteiger partial charge is 0.403 e. The van der Waals surface area contributed by atoms with Crippen molar-refractivity contribution in [2.75, 3.05) is 0 Å². The lowest BCUT2D eigenvalue weighted by Crippen LogP contribution is -2.18. The third kappa shape index (κ3) is 8.16. The molecule has 0 unspecified atom stereocenters. The van der Waals surface area contributed by atoms with Gasteiger partial charge in [-0.15, -0.1) is 13.2 Å². The molecule has 31 heavy (non-hydrogen) atoms. The minimum Gasteiger partial charge on any atom is -0.403 e. The maximum absolute atomic E-state index is 13.8. The first-order valence-corrected chi connectivity index (χ1v) is 12.1. The average Bonchev–Trinajstić information content (AvgIpc) is 2.74. The fourth-order valence-electron chi connectivity index (χ4n) is 5.43. The Morgan fingerprint density at radius 3 is 1.94 bits per heavy atom. The second kappa shape index (κ2) is 11.4. The molecule has 1 nitrogen and oxygen atoms in total. The molecule has 0 aliphatic heterocycles. The van der Waals surface area contributed by atoms with E-state index in [9.17, 15) is 17.6 Å². The van der Waals surface area contributed by atoms with Crippen LogP contribution in [0.1, 0.15) is 89.5 Å². The summed E-state index contributed by atoms with van der Waals surface area (Å²) in [4.78, 5) is 0. The molecule has 0 spiro atoms. The average molecular weight is 441 g/mol. The van der Waals surface area contributed by atoms with Gasteiger partial charge in [0.25, 0.3) is 0 Å². The maximum Gasteiger partial charge on any atom is 0.573 e. The van der Waals surface area contributed by atoms with Crippen LogP contribution in [0.4, 0.5) is 17.6 Å². The maximum atomic E-state index is 13.8. The molecular formula is C26H36F4O. The van der Waals surface area contributed by atoms with E-state index < -0.39 is 17.9 Å². The lowest BCUT2D eigenvalue weighted by molar-refractivity contribution is -0.275. The van der Waals surface area contributed by atoms with Crippen LogP contribution < -0.4 is 4.74 Å². The molecule has 2 fully saturated rings. The van der Waals surface area contributed by atoms with E-state index in [1.807, 2.05) is 6.08 Å². The predicted octanol–water partition coefficient (Wildman–Crippen LogP) is 8.93. The normalized spacial score (nSPS) is 27.5. The third-order valence-corrected chi connectivity index (χ3v) is 7.28. The molecule has 1 aromatic carbocycles. The molecule has 2 saturated carbocycles. The van der Waals surface area contributed by atoms with E-state index in [4.69, 9.17) is 0 Å². The van der Waals surface area contributed by atoms with Crippen molar-refractivity contribution in [3.05, 3.63) is 35.7 Å². The van der Waals surface area contributed by atoms with Gasteiger partial charge in [-0.05, 0) is 67.1 Å². The molecule has 0 bridgehead atoms. The van der Waals surface area contributed by atoms with Gasteiger partial charge in [0, 0.05) is 0 Å². The number of alkyl halides is 3. The van der Waals surface area contributed by atoms with E-state index >= 15 is 0 Å². The number of rotatable bonds is 8. The molecule has 0 N–H and O–H groups in total. The molecule has 5 heteroatoms. The molecule has 0 atom stereocenters. The zero-order valence-electron chi connectivity index (χ0n) is 18.6.